The Hall–Kier alpha value is -1.94. The fraction of sp³-hybridized carbons (Fsp3) is 0.333. The van der Waals surface area contributed by atoms with Gasteiger partial charge in [-0.05, 0) is 25.5 Å². The van der Waals surface area contributed by atoms with Gasteiger partial charge in [-0.3, -0.25) is 4.79 Å². The SMILES string of the molecule is O=c1ccc(-c2ccccc2)nn1C[C@@H]1CCCN1. The maximum absolute atomic E-state index is 11.9. The normalized spacial score (nSPS) is 18.6. The Labute approximate surface area is 112 Å². The Balaban J connectivity index is 1.89. The average molecular weight is 255 g/mol. The highest BCUT2D eigenvalue weighted by Gasteiger charge is 2.15. The molecule has 1 saturated heterocycles. The van der Waals surface area contributed by atoms with Crippen molar-refractivity contribution in [1.29, 1.82) is 0 Å². The molecule has 1 aliphatic heterocycles. The number of benzene rings is 1. The molecule has 1 atom stereocenters. The largest absolute Gasteiger partial charge is 0.312 e. The fourth-order valence-corrected chi connectivity index (χ4v) is 2.46. The Kier molecular flexibility index (Phi) is 3.42. The van der Waals surface area contributed by atoms with Crippen LogP contribution in [0.5, 0.6) is 0 Å². The van der Waals surface area contributed by atoms with Gasteiger partial charge in [0.15, 0.2) is 0 Å². The van der Waals surface area contributed by atoms with Crippen molar-refractivity contribution in [1.82, 2.24) is 15.1 Å². The molecule has 0 aliphatic carbocycles. The highest BCUT2D eigenvalue weighted by molar-refractivity contribution is 5.57. The second kappa shape index (κ2) is 5.36. The molecule has 2 aromatic rings. The molecule has 3 rings (SSSR count). The summed E-state index contributed by atoms with van der Waals surface area (Å²) in [7, 11) is 0. The van der Waals surface area contributed by atoms with Crippen LogP contribution >= 0.6 is 0 Å². The van der Waals surface area contributed by atoms with Crippen molar-refractivity contribution in [2.75, 3.05) is 6.54 Å². The summed E-state index contributed by atoms with van der Waals surface area (Å²) in [6, 6.07) is 13.7. The van der Waals surface area contributed by atoms with Gasteiger partial charge in [0.05, 0.1) is 12.2 Å². The molecule has 0 unspecified atom stereocenters. The molecule has 0 spiro atoms. The molecule has 1 aromatic carbocycles. The van der Waals surface area contributed by atoms with Crippen LogP contribution in [0.3, 0.4) is 0 Å². The van der Waals surface area contributed by atoms with E-state index in [2.05, 4.69) is 10.4 Å². The van der Waals surface area contributed by atoms with Gasteiger partial charge in [0.1, 0.15) is 0 Å². The summed E-state index contributed by atoms with van der Waals surface area (Å²) < 4.78 is 1.57. The lowest BCUT2D eigenvalue weighted by molar-refractivity contribution is 0.460. The molecule has 1 N–H and O–H groups in total. The molecule has 0 bridgehead atoms. The van der Waals surface area contributed by atoms with Crippen molar-refractivity contribution >= 4 is 0 Å². The summed E-state index contributed by atoms with van der Waals surface area (Å²) >= 11 is 0. The van der Waals surface area contributed by atoms with E-state index in [1.165, 1.54) is 6.42 Å². The number of nitrogens with zero attached hydrogens (tertiary/aromatic N) is 2. The van der Waals surface area contributed by atoms with Crippen LogP contribution in [0.1, 0.15) is 12.8 Å². The molecule has 98 valence electrons. The first kappa shape index (κ1) is 12.1. The number of aromatic nitrogens is 2. The molecule has 4 heteroatoms. The smallest absolute Gasteiger partial charge is 0.266 e. The predicted octanol–water partition coefficient (Wildman–Crippen LogP) is 1.66. The summed E-state index contributed by atoms with van der Waals surface area (Å²) in [5.74, 6) is 0. The van der Waals surface area contributed by atoms with Gasteiger partial charge < -0.3 is 5.32 Å². The van der Waals surface area contributed by atoms with E-state index in [-0.39, 0.29) is 5.56 Å². The molecule has 0 radical (unpaired) electrons. The van der Waals surface area contributed by atoms with Crippen LogP contribution in [0.2, 0.25) is 0 Å². The quantitative estimate of drug-likeness (QED) is 0.907. The van der Waals surface area contributed by atoms with Gasteiger partial charge in [-0.15, -0.1) is 0 Å². The van der Waals surface area contributed by atoms with E-state index in [0.29, 0.717) is 12.6 Å². The fourth-order valence-electron chi connectivity index (χ4n) is 2.46. The van der Waals surface area contributed by atoms with Crippen LogP contribution < -0.4 is 10.9 Å². The maximum Gasteiger partial charge on any atom is 0.266 e. The van der Waals surface area contributed by atoms with E-state index in [4.69, 9.17) is 0 Å². The van der Waals surface area contributed by atoms with E-state index >= 15 is 0 Å². The van der Waals surface area contributed by atoms with Gasteiger partial charge in [0, 0.05) is 17.7 Å². The zero-order chi connectivity index (χ0) is 13.1. The van der Waals surface area contributed by atoms with Crippen molar-refractivity contribution < 1.29 is 0 Å². The van der Waals surface area contributed by atoms with Crippen LogP contribution in [-0.2, 0) is 6.54 Å². The number of rotatable bonds is 3. The summed E-state index contributed by atoms with van der Waals surface area (Å²) in [6.45, 7) is 1.69. The minimum atomic E-state index is -0.0339. The monoisotopic (exact) mass is 255 g/mol. The minimum Gasteiger partial charge on any atom is -0.312 e. The van der Waals surface area contributed by atoms with Crippen molar-refractivity contribution in [3.05, 3.63) is 52.8 Å². The van der Waals surface area contributed by atoms with Crippen LogP contribution in [-0.4, -0.2) is 22.4 Å². The van der Waals surface area contributed by atoms with E-state index in [1.54, 1.807) is 16.8 Å². The van der Waals surface area contributed by atoms with Gasteiger partial charge in [0.25, 0.3) is 5.56 Å². The van der Waals surface area contributed by atoms with E-state index in [0.717, 1.165) is 24.2 Å². The highest BCUT2D eigenvalue weighted by Crippen LogP contribution is 2.14. The maximum atomic E-state index is 11.9. The number of hydrogen-bond donors (Lipinski definition) is 1. The first-order valence-electron chi connectivity index (χ1n) is 6.70. The van der Waals surface area contributed by atoms with Gasteiger partial charge >= 0.3 is 0 Å². The molecule has 2 heterocycles. The third kappa shape index (κ3) is 2.74. The summed E-state index contributed by atoms with van der Waals surface area (Å²) in [4.78, 5) is 11.9. The standard InChI is InChI=1S/C15H17N3O/c19-15-9-8-14(12-5-2-1-3-6-12)17-18(15)11-13-7-4-10-16-13/h1-3,5-6,8-9,13,16H,4,7,10-11H2/t13-/m0/s1. The van der Waals surface area contributed by atoms with Crippen LogP contribution in [0.15, 0.2) is 47.3 Å². The average Bonchev–Trinajstić information content (AvgIpc) is 2.95. The lowest BCUT2D eigenvalue weighted by atomic mass is 10.1. The van der Waals surface area contributed by atoms with Crippen LogP contribution in [0, 0.1) is 0 Å². The molecule has 0 amide bonds. The number of nitrogens with one attached hydrogen (secondary N) is 1. The second-order valence-corrected chi connectivity index (χ2v) is 4.90. The molecular weight excluding hydrogens is 238 g/mol. The van der Waals surface area contributed by atoms with Crippen molar-refractivity contribution in [2.45, 2.75) is 25.4 Å². The molecule has 1 fully saturated rings. The van der Waals surface area contributed by atoms with Gasteiger partial charge in [0.2, 0.25) is 0 Å². The van der Waals surface area contributed by atoms with Crippen molar-refractivity contribution in [2.24, 2.45) is 0 Å². The Morgan fingerprint density at radius 1 is 1.21 bits per heavy atom. The lowest BCUT2D eigenvalue weighted by Gasteiger charge is -2.12. The third-order valence-electron chi connectivity index (χ3n) is 3.49. The Morgan fingerprint density at radius 2 is 2.05 bits per heavy atom. The second-order valence-electron chi connectivity index (χ2n) is 4.90. The van der Waals surface area contributed by atoms with Gasteiger partial charge in [-0.2, -0.15) is 5.10 Å². The van der Waals surface area contributed by atoms with Crippen molar-refractivity contribution in [3.63, 3.8) is 0 Å². The first-order valence-corrected chi connectivity index (χ1v) is 6.70. The van der Waals surface area contributed by atoms with E-state index in [1.807, 2.05) is 30.3 Å². The molecule has 4 nitrogen and oxygen atoms in total. The van der Waals surface area contributed by atoms with E-state index < -0.39 is 0 Å². The topological polar surface area (TPSA) is 46.9 Å². The molecule has 1 aromatic heterocycles. The van der Waals surface area contributed by atoms with E-state index in [9.17, 15) is 4.79 Å². The predicted molar refractivity (Wildman–Crippen MR) is 75.0 cm³/mol. The summed E-state index contributed by atoms with van der Waals surface area (Å²) in [6.07, 6.45) is 2.29. The zero-order valence-corrected chi connectivity index (χ0v) is 10.7. The van der Waals surface area contributed by atoms with Gasteiger partial charge in [-0.25, -0.2) is 4.68 Å². The molecule has 19 heavy (non-hydrogen) atoms. The molecule has 1 aliphatic rings. The lowest BCUT2D eigenvalue weighted by Crippen LogP contribution is -2.33. The third-order valence-corrected chi connectivity index (χ3v) is 3.49. The molecule has 0 saturated carbocycles. The van der Waals surface area contributed by atoms with Gasteiger partial charge in [-0.1, -0.05) is 30.3 Å². The zero-order valence-electron chi connectivity index (χ0n) is 10.7. The molecular formula is C15H17N3O. The summed E-state index contributed by atoms with van der Waals surface area (Å²) in [5, 5.41) is 7.86. The summed E-state index contributed by atoms with van der Waals surface area (Å²) in [5.41, 5.74) is 1.85. The Bertz CT molecular complexity index is 600. The first-order chi connectivity index (χ1) is 9.33. The van der Waals surface area contributed by atoms with Crippen molar-refractivity contribution in [3.8, 4) is 11.3 Å². The highest BCUT2D eigenvalue weighted by atomic mass is 16.1. The Morgan fingerprint density at radius 3 is 2.79 bits per heavy atom. The number of hydrogen-bond acceptors (Lipinski definition) is 3. The minimum absolute atomic E-state index is 0.0339. The van der Waals surface area contributed by atoms with Crippen LogP contribution in [0.4, 0.5) is 0 Å². The van der Waals surface area contributed by atoms with Crippen LogP contribution in [0.25, 0.3) is 11.3 Å².